The summed E-state index contributed by atoms with van der Waals surface area (Å²) in [7, 11) is 3.51. The van der Waals surface area contributed by atoms with E-state index in [0.29, 0.717) is 17.1 Å². The van der Waals surface area contributed by atoms with E-state index >= 15 is 0 Å². The van der Waals surface area contributed by atoms with Gasteiger partial charge in [-0.2, -0.15) is 0 Å². The molecule has 162 valence electrons. The maximum Gasteiger partial charge on any atom is 0.254 e. The van der Waals surface area contributed by atoms with E-state index in [1.807, 2.05) is 42.2 Å². The number of ether oxygens (including phenoxy) is 1. The van der Waals surface area contributed by atoms with E-state index < -0.39 is 12.9 Å². The third-order valence-corrected chi connectivity index (χ3v) is 5.51. The summed E-state index contributed by atoms with van der Waals surface area (Å²) in [6.45, 7) is -0.624. The van der Waals surface area contributed by atoms with Crippen LogP contribution < -0.4 is 20.7 Å². The van der Waals surface area contributed by atoms with E-state index in [9.17, 15) is 9.59 Å². The molecule has 0 aliphatic heterocycles. The normalized spacial score (nSPS) is 15.0. The summed E-state index contributed by atoms with van der Waals surface area (Å²) < 4.78 is 29.8. The summed E-state index contributed by atoms with van der Waals surface area (Å²) in [4.78, 5) is 29.1. The van der Waals surface area contributed by atoms with Crippen LogP contribution in [0.1, 0.15) is 39.8 Å². The maximum atomic E-state index is 12.7. The van der Waals surface area contributed by atoms with Gasteiger partial charge in [0.2, 0.25) is 5.91 Å². The van der Waals surface area contributed by atoms with Crippen LogP contribution in [0.4, 0.5) is 17.2 Å². The number of fused-ring (bicyclic) bond motifs is 1. The number of aromatic nitrogens is 2. The smallest absolute Gasteiger partial charge is 0.254 e. The van der Waals surface area contributed by atoms with Crippen molar-refractivity contribution in [2.24, 2.45) is 13.0 Å². The van der Waals surface area contributed by atoms with Crippen LogP contribution in [-0.4, -0.2) is 35.5 Å². The highest BCUT2D eigenvalue weighted by Crippen LogP contribution is 2.39. The standard InChI is InChI=1S/C23H27N5O3/c1-5-13-8-9-18-20(21(13)31-4)17(12-28(18)3)26-16-10-19(27-22(29)14-6-7-14)25-11-15(16)23(30)24-2/h8-12,14H,5-7H2,1-4H3,(H,24,30)(H2,25,26,27,29)/i2D3. The molecule has 0 radical (unpaired) electrons. The van der Waals surface area contributed by atoms with Gasteiger partial charge in [0.1, 0.15) is 11.6 Å². The monoisotopic (exact) mass is 424 g/mol. The highest BCUT2D eigenvalue weighted by atomic mass is 16.5. The SMILES string of the molecule is [2H]C([2H])([2H])NC(=O)c1cnc(NC(=O)C2CC2)cc1Nc1cn(C)c2ccc(CC)c(OC)c12. The molecule has 1 saturated carbocycles. The molecule has 31 heavy (non-hydrogen) atoms. The van der Waals surface area contributed by atoms with Crippen LogP contribution in [0.5, 0.6) is 5.75 Å². The van der Waals surface area contributed by atoms with Gasteiger partial charge in [-0.15, -0.1) is 0 Å². The van der Waals surface area contributed by atoms with Gasteiger partial charge in [0.15, 0.2) is 0 Å². The number of aryl methyl sites for hydroxylation is 2. The number of hydrogen-bond acceptors (Lipinski definition) is 5. The second-order valence-corrected chi connectivity index (χ2v) is 7.62. The van der Waals surface area contributed by atoms with Gasteiger partial charge in [-0.1, -0.05) is 13.0 Å². The summed E-state index contributed by atoms with van der Waals surface area (Å²) in [5.41, 5.74) is 2.94. The molecule has 4 rings (SSSR count). The molecule has 3 aromatic rings. The number of hydrogen-bond donors (Lipinski definition) is 3. The van der Waals surface area contributed by atoms with Crippen molar-refractivity contribution >= 4 is 39.9 Å². The molecule has 0 bridgehead atoms. The molecule has 2 heterocycles. The number of nitrogens with one attached hydrogen (secondary N) is 3. The number of nitrogens with zero attached hydrogens (tertiary/aromatic N) is 2. The minimum absolute atomic E-state index is 0.0217. The molecule has 1 fully saturated rings. The molecule has 2 aromatic heterocycles. The van der Waals surface area contributed by atoms with E-state index in [4.69, 9.17) is 8.85 Å². The lowest BCUT2D eigenvalue weighted by Gasteiger charge is -2.14. The van der Waals surface area contributed by atoms with E-state index in [-0.39, 0.29) is 23.2 Å². The maximum absolute atomic E-state index is 12.7. The molecular weight excluding hydrogens is 394 g/mol. The first-order valence-electron chi connectivity index (χ1n) is 11.7. The third kappa shape index (κ3) is 3.93. The van der Waals surface area contributed by atoms with Gasteiger partial charge in [0.05, 0.1) is 35.0 Å². The Morgan fingerprint density at radius 3 is 2.81 bits per heavy atom. The molecule has 2 amide bonds. The Morgan fingerprint density at radius 1 is 1.32 bits per heavy atom. The lowest BCUT2D eigenvalue weighted by atomic mass is 10.1. The Bertz CT molecular complexity index is 1260. The predicted octanol–water partition coefficient (Wildman–Crippen LogP) is 3.60. The zero-order chi connectivity index (χ0) is 24.6. The van der Waals surface area contributed by atoms with Crippen LogP contribution in [-0.2, 0) is 18.3 Å². The summed E-state index contributed by atoms with van der Waals surface area (Å²) >= 11 is 0. The first kappa shape index (κ1) is 17.2. The minimum atomic E-state index is -2.66. The van der Waals surface area contributed by atoms with Gasteiger partial charge in [0.25, 0.3) is 5.91 Å². The van der Waals surface area contributed by atoms with Crippen molar-refractivity contribution < 1.29 is 18.4 Å². The van der Waals surface area contributed by atoms with Crippen molar-refractivity contribution in [3.05, 3.63) is 41.7 Å². The summed E-state index contributed by atoms with van der Waals surface area (Å²) in [6.07, 6.45) is 5.57. The fraction of sp³-hybridized carbons (Fsp3) is 0.348. The lowest BCUT2D eigenvalue weighted by molar-refractivity contribution is -0.117. The average Bonchev–Trinajstić information content (AvgIpc) is 3.57. The first-order chi connectivity index (χ1) is 16.1. The van der Waals surface area contributed by atoms with Crippen LogP contribution >= 0.6 is 0 Å². The first-order valence-corrected chi connectivity index (χ1v) is 10.2. The fourth-order valence-electron chi connectivity index (χ4n) is 3.70. The number of amides is 2. The van der Waals surface area contributed by atoms with Crippen LogP contribution in [0, 0.1) is 5.92 Å². The molecular formula is C23H27N5O3. The van der Waals surface area contributed by atoms with Crippen molar-refractivity contribution in [3.63, 3.8) is 0 Å². The molecule has 1 aliphatic rings. The molecule has 1 aromatic carbocycles. The average molecular weight is 425 g/mol. The minimum Gasteiger partial charge on any atom is -0.496 e. The van der Waals surface area contributed by atoms with Crippen LogP contribution in [0.25, 0.3) is 10.9 Å². The number of methoxy groups -OCH3 is 1. The molecule has 0 spiro atoms. The van der Waals surface area contributed by atoms with Gasteiger partial charge < -0.3 is 25.3 Å². The highest BCUT2D eigenvalue weighted by molar-refractivity contribution is 6.05. The topological polar surface area (TPSA) is 97.3 Å². The number of carbonyl (C=O) groups excluding carboxylic acids is 2. The Hall–Kier alpha value is -3.55. The van der Waals surface area contributed by atoms with Gasteiger partial charge >= 0.3 is 0 Å². The van der Waals surface area contributed by atoms with Crippen molar-refractivity contribution in [2.75, 3.05) is 24.7 Å². The van der Waals surface area contributed by atoms with Gasteiger partial charge in [0, 0.05) is 42.5 Å². The Balaban J connectivity index is 1.79. The number of anilines is 3. The van der Waals surface area contributed by atoms with Gasteiger partial charge in [-0.05, 0) is 30.9 Å². The molecule has 3 N–H and O–H groups in total. The quantitative estimate of drug-likeness (QED) is 0.538. The van der Waals surface area contributed by atoms with Crippen molar-refractivity contribution in [2.45, 2.75) is 26.2 Å². The van der Waals surface area contributed by atoms with Crippen molar-refractivity contribution in [1.29, 1.82) is 0 Å². The summed E-state index contributed by atoms with van der Waals surface area (Å²) in [5, 5.41) is 8.84. The molecule has 0 saturated heterocycles. The molecule has 0 unspecified atom stereocenters. The fourth-order valence-corrected chi connectivity index (χ4v) is 3.70. The van der Waals surface area contributed by atoms with Crippen LogP contribution in [0.3, 0.4) is 0 Å². The lowest BCUT2D eigenvalue weighted by Crippen LogP contribution is -2.20. The summed E-state index contributed by atoms with van der Waals surface area (Å²) in [6, 6.07) is 5.54. The predicted molar refractivity (Wildman–Crippen MR) is 121 cm³/mol. The number of carbonyl (C=O) groups is 2. The number of pyridine rings is 1. The highest BCUT2D eigenvalue weighted by Gasteiger charge is 2.30. The Morgan fingerprint density at radius 2 is 2.13 bits per heavy atom. The van der Waals surface area contributed by atoms with Crippen molar-refractivity contribution in [1.82, 2.24) is 14.9 Å². The van der Waals surface area contributed by atoms with E-state index in [0.717, 1.165) is 35.7 Å². The Labute approximate surface area is 185 Å². The largest absolute Gasteiger partial charge is 0.496 e. The second-order valence-electron chi connectivity index (χ2n) is 7.62. The summed E-state index contributed by atoms with van der Waals surface area (Å²) in [5.74, 6) is 0.0276. The molecule has 1 aliphatic carbocycles. The number of benzene rings is 1. The van der Waals surface area contributed by atoms with E-state index in [2.05, 4.69) is 15.6 Å². The second kappa shape index (κ2) is 8.29. The zero-order valence-corrected chi connectivity index (χ0v) is 17.7. The zero-order valence-electron chi connectivity index (χ0n) is 20.7. The van der Waals surface area contributed by atoms with Crippen molar-refractivity contribution in [3.8, 4) is 5.75 Å². The van der Waals surface area contributed by atoms with E-state index in [1.165, 1.54) is 12.3 Å². The number of rotatable bonds is 7. The van der Waals surface area contributed by atoms with E-state index in [1.54, 1.807) is 7.11 Å². The van der Waals surface area contributed by atoms with Crippen LogP contribution in [0.2, 0.25) is 0 Å². The van der Waals surface area contributed by atoms with Crippen LogP contribution in [0.15, 0.2) is 30.6 Å². The Kier molecular flexibility index (Phi) is 4.59. The third-order valence-electron chi connectivity index (χ3n) is 5.51. The van der Waals surface area contributed by atoms with Gasteiger partial charge in [-0.3, -0.25) is 9.59 Å². The van der Waals surface area contributed by atoms with Gasteiger partial charge in [-0.25, -0.2) is 4.98 Å². The molecule has 0 atom stereocenters. The molecule has 8 nitrogen and oxygen atoms in total. The molecule has 8 heteroatoms.